The van der Waals surface area contributed by atoms with Crippen LogP contribution in [-0.4, -0.2) is 52.1 Å². The number of rotatable bonds is 10. The molecule has 0 spiro atoms. The van der Waals surface area contributed by atoms with Gasteiger partial charge < -0.3 is 14.8 Å². The van der Waals surface area contributed by atoms with Gasteiger partial charge in [-0.15, -0.1) is 0 Å². The van der Waals surface area contributed by atoms with Crippen LogP contribution in [0.4, 0.5) is 4.79 Å². The third-order valence-corrected chi connectivity index (χ3v) is 5.85. The van der Waals surface area contributed by atoms with Crippen LogP contribution in [-0.2, 0) is 24.3 Å². The molecular formula is C19H27N3O7S. The molecule has 1 aromatic carbocycles. The number of ether oxygens (including phenoxy) is 2. The van der Waals surface area contributed by atoms with E-state index < -0.39 is 34.5 Å². The summed E-state index contributed by atoms with van der Waals surface area (Å²) in [5, 5.41) is 4.77. The van der Waals surface area contributed by atoms with E-state index in [0.717, 1.165) is 25.7 Å². The van der Waals surface area contributed by atoms with Gasteiger partial charge >= 0.3 is 12.0 Å². The molecule has 11 heteroatoms. The maximum atomic E-state index is 12.2. The van der Waals surface area contributed by atoms with E-state index in [2.05, 4.69) is 15.4 Å². The third-order valence-electron chi connectivity index (χ3n) is 4.37. The summed E-state index contributed by atoms with van der Waals surface area (Å²) in [4.78, 5) is 35.0. The maximum absolute atomic E-state index is 12.2. The van der Waals surface area contributed by atoms with E-state index in [9.17, 15) is 22.8 Å². The molecule has 0 aromatic heterocycles. The molecule has 3 N–H and O–H groups in total. The normalized spacial score (nSPS) is 14.2. The van der Waals surface area contributed by atoms with Gasteiger partial charge in [0.25, 0.3) is 5.91 Å². The summed E-state index contributed by atoms with van der Waals surface area (Å²) in [5.74, 6) is -0.972. The van der Waals surface area contributed by atoms with Crippen LogP contribution >= 0.6 is 0 Å². The van der Waals surface area contributed by atoms with Crippen molar-refractivity contribution in [1.82, 2.24) is 15.4 Å². The maximum Gasteiger partial charge on any atom is 0.321 e. The van der Waals surface area contributed by atoms with Crippen molar-refractivity contribution >= 4 is 27.9 Å². The van der Waals surface area contributed by atoms with Gasteiger partial charge in [-0.1, -0.05) is 12.8 Å². The van der Waals surface area contributed by atoms with E-state index in [1.807, 2.05) is 6.92 Å². The van der Waals surface area contributed by atoms with E-state index in [-0.39, 0.29) is 23.9 Å². The van der Waals surface area contributed by atoms with Crippen molar-refractivity contribution in [2.45, 2.75) is 50.0 Å². The van der Waals surface area contributed by atoms with Gasteiger partial charge in [0, 0.05) is 12.6 Å². The molecule has 0 saturated heterocycles. The van der Waals surface area contributed by atoms with Crippen molar-refractivity contribution in [3.8, 4) is 5.75 Å². The van der Waals surface area contributed by atoms with Crippen LogP contribution in [0.1, 0.15) is 39.0 Å². The first-order valence-electron chi connectivity index (χ1n) is 9.78. The largest absolute Gasteiger partial charge is 0.494 e. The monoisotopic (exact) mass is 441 g/mol. The first-order chi connectivity index (χ1) is 14.3. The fraction of sp³-hybridized carbons (Fsp3) is 0.526. The average Bonchev–Trinajstić information content (AvgIpc) is 3.20. The fourth-order valence-corrected chi connectivity index (χ4v) is 3.96. The van der Waals surface area contributed by atoms with Crippen molar-refractivity contribution < 1.29 is 32.3 Å². The average molecular weight is 442 g/mol. The molecule has 0 unspecified atom stereocenters. The second-order valence-electron chi connectivity index (χ2n) is 6.72. The van der Waals surface area contributed by atoms with Gasteiger partial charge in [-0.05, 0) is 44.0 Å². The predicted molar refractivity (Wildman–Crippen MR) is 107 cm³/mol. The van der Waals surface area contributed by atoms with Crippen LogP contribution < -0.4 is 20.1 Å². The molecule has 1 aliphatic carbocycles. The number of nitrogens with one attached hydrogen (secondary N) is 3. The minimum atomic E-state index is -3.79. The number of benzene rings is 1. The Morgan fingerprint density at radius 2 is 1.77 bits per heavy atom. The van der Waals surface area contributed by atoms with E-state index in [4.69, 9.17) is 9.47 Å². The first-order valence-corrected chi connectivity index (χ1v) is 11.3. The molecule has 30 heavy (non-hydrogen) atoms. The number of sulfonamides is 1. The summed E-state index contributed by atoms with van der Waals surface area (Å²) in [7, 11) is -3.79. The third kappa shape index (κ3) is 7.99. The highest BCUT2D eigenvalue weighted by Crippen LogP contribution is 2.17. The van der Waals surface area contributed by atoms with Gasteiger partial charge in [0.15, 0.2) is 6.61 Å². The van der Waals surface area contributed by atoms with Crippen LogP contribution in [0, 0.1) is 0 Å². The topological polar surface area (TPSA) is 140 Å². The van der Waals surface area contributed by atoms with Crippen molar-refractivity contribution in [1.29, 1.82) is 0 Å². The summed E-state index contributed by atoms with van der Waals surface area (Å²) in [6.45, 7) is 1.47. The molecule has 2 rings (SSSR count). The van der Waals surface area contributed by atoms with Crippen molar-refractivity contribution in [3.63, 3.8) is 0 Å². The Kier molecular flexibility index (Phi) is 9.06. The number of hydrogen-bond acceptors (Lipinski definition) is 7. The van der Waals surface area contributed by atoms with Crippen molar-refractivity contribution in [3.05, 3.63) is 24.3 Å². The van der Waals surface area contributed by atoms with Gasteiger partial charge in [-0.3, -0.25) is 14.9 Å². The molecule has 166 valence electrons. The SMILES string of the molecule is CCOc1ccc(S(=O)(=O)NCCC(=O)OCC(=O)NC(=O)NC2CCCC2)cc1. The lowest BCUT2D eigenvalue weighted by Crippen LogP contribution is -2.45. The molecular weight excluding hydrogens is 414 g/mol. The Balaban J connectivity index is 1.66. The van der Waals surface area contributed by atoms with Gasteiger partial charge in [0.1, 0.15) is 5.75 Å². The Morgan fingerprint density at radius 3 is 2.40 bits per heavy atom. The number of urea groups is 1. The zero-order valence-electron chi connectivity index (χ0n) is 16.8. The molecule has 1 fully saturated rings. The van der Waals surface area contributed by atoms with Crippen LogP contribution in [0.5, 0.6) is 5.75 Å². The van der Waals surface area contributed by atoms with E-state index in [0.29, 0.717) is 12.4 Å². The summed E-state index contributed by atoms with van der Waals surface area (Å²) >= 11 is 0. The van der Waals surface area contributed by atoms with Gasteiger partial charge in [0.2, 0.25) is 10.0 Å². The minimum absolute atomic E-state index is 0.0342. The van der Waals surface area contributed by atoms with E-state index in [1.54, 1.807) is 0 Å². The molecule has 0 aliphatic heterocycles. The second-order valence-corrected chi connectivity index (χ2v) is 8.48. The van der Waals surface area contributed by atoms with Crippen molar-refractivity contribution in [2.75, 3.05) is 19.8 Å². The smallest absolute Gasteiger partial charge is 0.321 e. The molecule has 1 aromatic rings. The Hall–Kier alpha value is -2.66. The summed E-state index contributed by atoms with van der Waals surface area (Å²) in [5.41, 5.74) is 0. The summed E-state index contributed by atoms with van der Waals surface area (Å²) < 4.78 is 36.7. The zero-order valence-corrected chi connectivity index (χ0v) is 17.6. The van der Waals surface area contributed by atoms with E-state index in [1.165, 1.54) is 24.3 Å². The number of hydrogen-bond donors (Lipinski definition) is 3. The summed E-state index contributed by atoms with van der Waals surface area (Å²) in [6, 6.07) is 5.30. The standard InChI is InChI=1S/C19H27N3O7S/c1-2-28-15-7-9-16(10-8-15)30(26,27)20-12-11-18(24)29-13-17(23)22-19(25)21-14-5-3-4-6-14/h7-10,14,20H,2-6,11-13H2,1H3,(H2,21,22,23,25). The van der Waals surface area contributed by atoms with Crippen LogP contribution in [0.3, 0.4) is 0 Å². The highest BCUT2D eigenvalue weighted by atomic mass is 32.2. The number of carbonyl (C=O) groups excluding carboxylic acids is 3. The Morgan fingerprint density at radius 1 is 1.10 bits per heavy atom. The molecule has 0 radical (unpaired) electrons. The number of amides is 3. The zero-order chi connectivity index (χ0) is 22.0. The van der Waals surface area contributed by atoms with Crippen molar-refractivity contribution in [2.24, 2.45) is 0 Å². The Bertz CT molecular complexity index is 834. The van der Waals surface area contributed by atoms with Gasteiger partial charge in [-0.2, -0.15) is 0 Å². The lowest BCUT2D eigenvalue weighted by molar-refractivity contribution is -0.148. The van der Waals surface area contributed by atoms with E-state index >= 15 is 0 Å². The lowest BCUT2D eigenvalue weighted by Gasteiger charge is -2.12. The fourth-order valence-electron chi connectivity index (χ4n) is 2.93. The quantitative estimate of drug-likeness (QED) is 0.461. The molecule has 1 aliphatic rings. The van der Waals surface area contributed by atoms with Gasteiger partial charge in [0.05, 0.1) is 17.9 Å². The van der Waals surface area contributed by atoms with Crippen LogP contribution in [0.2, 0.25) is 0 Å². The van der Waals surface area contributed by atoms with Crippen LogP contribution in [0.15, 0.2) is 29.2 Å². The molecule has 0 atom stereocenters. The summed E-state index contributed by atoms with van der Waals surface area (Å²) in [6.07, 6.45) is 3.57. The number of esters is 1. The molecule has 3 amide bonds. The minimum Gasteiger partial charge on any atom is -0.494 e. The second kappa shape index (κ2) is 11.5. The number of carbonyl (C=O) groups is 3. The molecule has 0 heterocycles. The molecule has 1 saturated carbocycles. The lowest BCUT2D eigenvalue weighted by atomic mass is 10.2. The molecule has 10 nitrogen and oxygen atoms in total. The molecule has 0 bridgehead atoms. The predicted octanol–water partition coefficient (Wildman–Crippen LogP) is 1.07. The number of imide groups is 1. The first kappa shape index (κ1) is 23.6. The van der Waals surface area contributed by atoms with Crippen LogP contribution in [0.25, 0.3) is 0 Å². The Labute approximate surface area is 175 Å². The highest BCUT2D eigenvalue weighted by Gasteiger charge is 2.19. The van der Waals surface area contributed by atoms with Gasteiger partial charge in [-0.25, -0.2) is 17.9 Å². The highest BCUT2D eigenvalue weighted by molar-refractivity contribution is 7.89.